The second-order valence-electron chi connectivity index (χ2n) is 6.28. The van der Waals surface area contributed by atoms with E-state index in [4.69, 9.17) is 10.00 Å². The summed E-state index contributed by atoms with van der Waals surface area (Å²) < 4.78 is 5.25. The maximum atomic E-state index is 12.4. The fraction of sp³-hybridized carbons (Fsp3) is 0.300. The van der Waals surface area contributed by atoms with Gasteiger partial charge in [-0.25, -0.2) is 0 Å². The Morgan fingerprint density at radius 3 is 2.96 bits per heavy atom. The van der Waals surface area contributed by atoms with Crippen molar-refractivity contribution in [1.82, 2.24) is 5.32 Å². The van der Waals surface area contributed by atoms with E-state index < -0.39 is 5.60 Å². The van der Waals surface area contributed by atoms with Crippen LogP contribution in [0.5, 0.6) is 5.75 Å². The number of methoxy groups -OCH3 is 1. The number of ether oxygens (including phenoxy) is 1. The lowest BCUT2D eigenvalue weighted by atomic mass is 9.79. The molecule has 0 aromatic heterocycles. The SMILES string of the molecule is COc1ccc2c(c1)CCCC2(O)CNC(=O)c1cccc(C#N)c1. The molecular weight excluding hydrogens is 316 g/mol. The van der Waals surface area contributed by atoms with E-state index in [-0.39, 0.29) is 12.5 Å². The van der Waals surface area contributed by atoms with Crippen LogP contribution in [0.4, 0.5) is 0 Å². The highest BCUT2D eigenvalue weighted by atomic mass is 16.5. The van der Waals surface area contributed by atoms with Gasteiger partial charge in [-0.3, -0.25) is 4.79 Å². The molecule has 0 fully saturated rings. The van der Waals surface area contributed by atoms with E-state index in [1.165, 1.54) is 0 Å². The molecule has 128 valence electrons. The second kappa shape index (κ2) is 6.96. The standard InChI is InChI=1S/C20H20N2O3/c1-25-17-7-8-18-15(11-17)6-3-9-20(18,24)13-22-19(23)16-5-2-4-14(10-16)12-21/h2,4-5,7-8,10-11,24H,3,6,9,13H2,1H3,(H,22,23). The molecular formula is C20H20N2O3. The minimum atomic E-state index is -1.09. The molecule has 25 heavy (non-hydrogen) atoms. The monoisotopic (exact) mass is 336 g/mol. The summed E-state index contributed by atoms with van der Waals surface area (Å²) in [5.41, 5.74) is 1.64. The van der Waals surface area contributed by atoms with Crippen molar-refractivity contribution in [2.75, 3.05) is 13.7 Å². The minimum Gasteiger partial charge on any atom is -0.497 e. The third kappa shape index (κ3) is 3.49. The summed E-state index contributed by atoms with van der Waals surface area (Å²) in [5, 5.41) is 22.8. The quantitative estimate of drug-likeness (QED) is 0.899. The number of aliphatic hydroxyl groups is 1. The van der Waals surface area contributed by atoms with Gasteiger partial charge in [-0.05, 0) is 60.7 Å². The van der Waals surface area contributed by atoms with Crippen molar-refractivity contribution in [3.63, 3.8) is 0 Å². The molecule has 0 saturated carbocycles. The van der Waals surface area contributed by atoms with Crippen LogP contribution in [0.1, 0.15) is 39.9 Å². The van der Waals surface area contributed by atoms with Crippen LogP contribution in [0.25, 0.3) is 0 Å². The van der Waals surface area contributed by atoms with Crippen LogP contribution in [0.2, 0.25) is 0 Å². The first-order valence-corrected chi connectivity index (χ1v) is 8.24. The first kappa shape index (κ1) is 17.0. The summed E-state index contributed by atoms with van der Waals surface area (Å²) in [5.74, 6) is 0.464. The van der Waals surface area contributed by atoms with Gasteiger partial charge in [0, 0.05) is 5.56 Å². The van der Waals surface area contributed by atoms with Gasteiger partial charge in [0.15, 0.2) is 0 Å². The van der Waals surface area contributed by atoms with Crippen LogP contribution in [0, 0.1) is 11.3 Å². The van der Waals surface area contributed by atoms with E-state index in [0.717, 1.165) is 29.7 Å². The van der Waals surface area contributed by atoms with E-state index in [1.54, 1.807) is 31.4 Å². The average Bonchev–Trinajstić information content (AvgIpc) is 2.66. The van der Waals surface area contributed by atoms with Crippen LogP contribution in [0.3, 0.4) is 0 Å². The number of hydrogen-bond acceptors (Lipinski definition) is 4. The molecule has 0 heterocycles. The lowest BCUT2D eigenvalue weighted by molar-refractivity contribution is 0.0189. The first-order chi connectivity index (χ1) is 12.1. The van der Waals surface area contributed by atoms with Gasteiger partial charge in [0.25, 0.3) is 5.91 Å². The Kier molecular flexibility index (Phi) is 4.73. The molecule has 1 aliphatic carbocycles. The van der Waals surface area contributed by atoms with Gasteiger partial charge in [-0.15, -0.1) is 0 Å². The van der Waals surface area contributed by atoms with Crippen LogP contribution < -0.4 is 10.1 Å². The van der Waals surface area contributed by atoms with Crippen molar-refractivity contribution >= 4 is 5.91 Å². The summed E-state index contributed by atoms with van der Waals surface area (Å²) in [7, 11) is 1.62. The largest absolute Gasteiger partial charge is 0.497 e. The fourth-order valence-corrected chi connectivity index (χ4v) is 3.31. The molecule has 1 atom stereocenters. The highest BCUT2D eigenvalue weighted by Crippen LogP contribution is 2.36. The Labute approximate surface area is 146 Å². The molecule has 2 aromatic carbocycles. The molecule has 1 amide bonds. The van der Waals surface area contributed by atoms with E-state index in [1.807, 2.05) is 24.3 Å². The summed E-state index contributed by atoms with van der Waals surface area (Å²) in [6, 6.07) is 14.2. The summed E-state index contributed by atoms with van der Waals surface area (Å²) in [6.07, 6.45) is 2.31. The number of fused-ring (bicyclic) bond motifs is 1. The Balaban J connectivity index is 1.77. The number of carbonyl (C=O) groups is 1. The van der Waals surface area contributed by atoms with E-state index >= 15 is 0 Å². The van der Waals surface area contributed by atoms with Crippen molar-refractivity contribution in [3.8, 4) is 11.8 Å². The molecule has 3 rings (SSSR count). The molecule has 5 nitrogen and oxygen atoms in total. The summed E-state index contributed by atoms with van der Waals surface area (Å²) >= 11 is 0. The number of rotatable bonds is 4. The number of nitrogens with zero attached hydrogens (tertiary/aromatic N) is 1. The number of hydrogen-bond donors (Lipinski definition) is 2. The molecule has 5 heteroatoms. The zero-order chi connectivity index (χ0) is 17.9. The van der Waals surface area contributed by atoms with Crippen LogP contribution in [-0.4, -0.2) is 24.7 Å². The van der Waals surface area contributed by atoms with Gasteiger partial charge in [-0.1, -0.05) is 12.1 Å². The van der Waals surface area contributed by atoms with Crippen LogP contribution in [0.15, 0.2) is 42.5 Å². The Morgan fingerprint density at radius 2 is 2.20 bits per heavy atom. The topological polar surface area (TPSA) is 82.3 Å². The summed E-state index contributed by atoms with van der Waals surface area (Å²) in [6.45, 7) is 0.127. The van der Waals surface area contributed by atoms with Crippen molar-refractivity contribution in [2.45, 2.75) is 24.9 Å². The Morgan fingerprint density at radius 1 is 1.36 bits per heavy atom. The minimum absolute atomic E-state index is 0.127. The summed E-state index contributed by atoms with van der Waals surface area (Å²) in [4.78, 5) is 12.4. The predicted molar refractivity (Wildman–Crippen MR) is 93.3 cm³/mol. The van der Waals surface area contributed by atoms with Gasteiger partial charge >= 0.3 is 0 Å². The molecule has 0 aliphatic heterocycles. The van der Waals surface area contributed by atoms with E-state index in [2.05, 4.69) is 5.32 Å². The number of carbonyl (C=O) groups excluding carboxylic acids is 1. The average molecular weight is 336 g/mol. The number of nitrogens with one attached hydrogen (secondary N) is 1. The third-order valence-electron chi connectivity index (χ3n) is 4.65. The molecule has 0 saturated heterocycles. The maximum absolute atomic E-state index is 12.4. The van der Waals surface area contributed by atoms with Gasteiger partial charge in [0.05, 0.1) is 25.3 Å². The first-order valence-electron chi connectivity index (χ1n) is 8.24. The molecule has 0 spiro atoms. The van der Waals surface area contributed by atoms with Crippen molar-refractivity contribution in [2.24, 2.45) is 0 Å². The van der Waals surface area contributed by atoms with Crippen molar-refractivity contribution < 1.29 is 14.6 Å². The lowest BCUT2D eigenvalue weighted by Gasteiger charge is -2.35. The number of amides is 1. The van der Waals surface area contributed by atoms with Crippen molar-refractivity contribution in [3.05, 3.63) is 64.7 Å². The molecule has 0 bridgehead atoms. The normalized spacial score (nSPS) is 18.8. The van der Waals surface area contributed by atoms with E-state index in [9.17, 15) is 9.90 Å². The highest BCUT2D eigenvalue weighted by Gasteiger charge is 2.34. The molecule has 0 radical (unpaired) electrons. The van der Waals surface area contributed by atoms with Gasteiger partial charge in [0.2, 0.25) is 0 Å². The van der Waals surface area contributed by atoms with E-state index in [0.29, 0.717) is 17.5 Å². The Bertz CT molecular complexity index is 841. The van der Waals surface area contributed by atoms with Gasteiger partial charge < -0.3 is 15.2 Å². The predicted octanol–water partition coefficient (Wildman–Crippen LogP) is 2.52. The third-order valence-corrected chi connectivity index (χ3v) is 4.65. The fourth-order valence-electron chi connectivity index (χ4n) is 3.31. The van der Waals surface area contributed by atoms with Gasteiger partial charge in [0.1, 0.15) is 11.4 Å². The van der Waals surface area contributed by atoms with Gasteiger partial charge in [-0.2, -0.15) is 5.26 Å². The smallest absolute Gasteiger partial charge is 0.251 e. The lowest BCUT2D eigenvalue weighted by Crippen LogP contribution is -2.43. The Hall–Kier alpha value is -2.84. The number of aryl methyl sites for hydroxylation is 1. The second-order valence-corrected chi connectivity index (χ2v) is 6.28. The number of nitriles is 1. The molecule has 1 aliphatic rings. The molecule has 2 aromatic rings. The van der Waals surface area contributed by atoms with Crippen LogP contribution >= 0.6 is 0 Å². The molecule has 2 N–H and O–H groups in total. The van der Waals surface area contributed by atoms with Crippen LogP contribution in [-0.2, 0) is 12.0 Å². The maximum Gasteiger partial charge on any atom is 0.251 e. The number of benzene rings is 2. The highest BCUT2D eigenvalue weighted by molar-refractivity contribution is 5.94. The zero-order valence-electron chi connectivity index (χ0n) is 14.1. The zero-order valence-corrected chi connectivity index (χ0v) is 14.1. The molecule has 1 unspecified atom stereocenters. The van der Waals surface area contributed by atoms with Crippen molar-refractivity contribution in [1.29, 1.82) is 5.26 Å².